The third-order valence-corrected chi connectivity index (χ3v) is 10.4. The standard InChI is InChI=1S/C19H26OSi.2ClH.Ti/c1-14-12-16(20)18(15-10-8-7-9-11-15)17(13-14)21(5,6)19(2,3)4;;;/h7-13,20H,1-6H3;2*1H;. The molecule has 0 fully saturated rings. The maximum Gasteiger partial charge on any atom is 0.123 e. The van der Waals surface area contributed by atoms with Gasteiger partial charge in [0.15, 0.2) is 0 Å². The first kappa shape index (κ1) is 26.0. The van der Waals surface area contributed by atoms with E-state index in [0.29, 0.717) is 5.75 Å². The van der Waals surface area contributed by atoms with Gasteiger partial charge in [0, 0.05) is 27.3 Å². The smallest absolute Gasteiger partial charge is 0.123 e. The molecule has 0 aliphatic rings. The molecule has 0 saturated heterocycles. The van der Waals surface area contributed by atoms with Crippen LogP contribution in [0, 0.1) is 6.92 Å². The topological polar surface area (TPSA) is 20.2 Å². The fraction of sp³-hybridized carbons (Fsp3) is 0.368. The number of hydrogen-bond acceptors (Lipinski definition) is 1. The second-order valence-corrected chi connectivity index (χ2v) is 12.7. The Morgan fingerprint density at radius 1 is 0.917 bits per heavy atom. The molecule has 0 unspecified atom stereocenters. The van der Waals surface area contributed by atoms with Crippen molar-refractivity contribution in [2.75, 3.05) is 0 Å². The van der Waals surface area contributed by atoms with Crippen molar-refractivity contribution in [2.45, 2.75) is 45.8 Å². The van der Waals surface area contributed by atoms with Gasteiger partial charge in [-0.2, -0.15) is 0 Å². The van der Waals surface area contributed by atoms with Gasteiger partial charge in [-0.1, -0.05) is 70.3 Å². The van der Waals surface area contributed by atoms with Crippen molar-refractivity contribution >= 4 is 38.1 Å². The van der Waals surface area contributed by atoms with Crippen LogP contribution >= 0.6 is 24.8 Å². The minimum absolute atomic E-state index is 0. The molecule has 0 saturated carbocycles. The molecule has 0 bridgehead atoms. The van der Waals surface area contributed by atoms with Crippen LogP contribution < -0.4 is 5.19 Å². The van der Waals surface area contributed by atoms with E-state index in [2.05, 4.69) is 59.0 Å². The molecule has 0 amide bonds. The monoisotopic (exact) mass is 418 g/mol. The SMILES string of the molecule is Cc1cc(O)c(-c2ccccc2)c([Si](C)(C)C(C)(C)C)c1.Cl.Cl.[Ti]. The Morgan fingerprint density at radius 3 is 1.88 bits per heavy atom. The van der Waals surface area contributed by atoms with Gasteiger partial charge in [0.25, 0.3) is 0 Å². The number of phenols is 1. The Labute approximate surface area is 175 Å². The van der Waals surface area contributed by atoms with Crippen molar-refractivity contribution in [2.24, 2.45) is 0 Å². The summed E-state index contributed by atoms with van der Waals surface area (Å²) in [6.07, 6.45) is 0. The molecule has 0 aliphatic carbocycles. The van der Waals surface area contributed by atoms with E-state index >= 15 is 0 Å². The number of aryl methyl sites for hydroxylation is 1. The average Bonchev–Trinajstić information content (AvgIpc) is 2.37. The zero-order chi connectivity index (χ0) is 15.8. The predicted octanol–water partition coefficient (Wildman–Crippen LogP) is 5.92. The molecule has 0 aliphatic heterocycles. The van der Waals surface area contributed by atoms with Crippen molar-refractivity contribution in [1.82, 2.24) is 0 Å². The molecular weight excluding hydrogens is 391 g/mol. The second kappa shape index (κ2) is 9.45. The minimum atomic E-state index is -1.73. The summed E-state index contributed by atoms with van der Waals surface area (Å²) in [6, 6.07) is 14.4. The van der Waals surface area contributed by atoms with Crippen LogP contribution in [0.5, 0.6) is 5.75 Å². The second-order valence-electron chi connectivity index (χ2n) is 7.45. The van der Waals surface area contributed by atoms with Gasteiger partial charge in [0.05, 0.1) is 8.07 Å². The number of benzene rings is 2. The van der Waals surface area contributed by atoms with Crippen molar-refractivity contribution in [1.29, 1.82) is 0 Å². The Kier molecular flexibility index (Phi) is 10.2. The third kappa shape index (κ3) is 5.12. The average molecular weight is 419 g/mol. The molecule has 2 aromatic rings. The zero-order valence-corrected chi connectivity index (χ0v) is 19.5. The Bertz CT molecular complexity index is 652. The van der Waals surface area contributed by atoms with Crippen molar-refractivity contribution < 1.29 is 26.8 Å². The summed E-state index contributed by atoms with van der Waals surface area (Å²) in [5.74, 6) is 0.404. The molecule has 0 atom stereocenters. The fourth-order valence-electron chi connectivity index (χ4n) is 2.57. The van der Waals surface area contributed by atoms with Crippen LogP contribution in [0.25, 0.3) is 11.1 Å². The van der Waals surface area contributed by atoms with Crippen molar-refractivity contribution in [3.05, 3.63) is 48.0 Å². The van der Waals surface area contributed by atoms with E-state index in [4.69, 9.17) is 0 Å². The Balaban J connectivity index is 0. The molecule has 1 N–H and O–H groups in total. The molecule has 1 nitrogen and oxygen atoms in total. The minimum Gasteiger partial charge on any atom is -0.507 e. The van der Waals surface area contributed by atoms with Crippen LogP contribution in [0.1, 0.15) is 26.3 Å². The first-order chi connectivity index (χ1) is 9.64. The van der Waals surface area contributed by atoms with E-state index in [1.807, 2.05) is 24.3 Å². The van der Waals surface area contributed by atoms with Gasteiger partial charge in [-0.25, -0.2) is 0 Å². The van der Waals surface area contributed by atoms with Crippen LogP contribution in [0.3, 0.4) is 0 Å². The Hall–Kier alpha value is -0.249. The van der Waals surface area contributed by atoms with E-state index in [1.54, 1.807) is 0 Å². The molecule has 2 rings (SSSR count). The van der Waals surface area contributed by atoms with Crippen LogP contribution in [0.15, 0.2) is 42.5 Å². The van der Waals surface area contributed by atoms with Gasteiger partial charge in [0.2, 0.25) is 0 Å². The van der Waals surface area contributed by atoms with Gasteiger partial charge in [-0.05, 0) is 34.3 Å². The van der Waals surface area contributed by atoms with Crippen molar-refractivity contribution in [3.8, 4) is 16.9 Å². The van der Waals surface area contributed by atoms with Gasteiger partial charge >= 0.3 is 0 Å². The maximum atomic E-state index is 10.6. The summed E-state index contributed by atoms with van der Waals surface area (Å²) >= 11 is 0. The number of aromatic hydroxyl groups is 1. The van der Waals surface area contributed by atoms with Gasteiger partial charge in [-0.3, -0.25) is 0 Å². The van der Waals surface area contributed by atoms with E-state index in [0.717, 1.165) is 16.7 Å². The van der Waals surface area contributed by atoms with Crippen molar-refractivity contribution in [3.63, 3.8) is 0 Å². The third-order valence-electron chi connectivity index (χ3n) is 4.87. The summed E-state index contributed by atoms with van der Waals surface area (Å²) in [5, 5.41) is 12.2. The molecule has 2 aromatic carbocycles. The molecule has 24 heavy (non-hydrogen) atoms. The van der Waals surface area contributed by atoms with Gasteiger partial charge in [0.1, 0.15) is 5.75 Å². The normalized spacial score (nSPS) is 10.9. The van der Waals surface area contributed by atoms with Gasteiger partial charge < -0.3 is 5.11 Å². The molecule has 0 heterocycles. The molecule has 5 heteroatoms. The van der Waals surface area contributed by atoms with E-state index in [1.165, 1.54) is 5.19 Å². The number of halogens is 2. The Morgan fingerprint density at radius 2 is 1.42 bits per heavy atom. The summed E-state index contributed by atoms with van der Waals surface area (Å²) in [7, 11) is -1.73. The quantitative estimate of drug-likeness (QED) is 0.599. The molecular formula is C19H28Cl2OSiTi. The molecule has 0 aromatic heterocycles. The zero-order valence-electron chi connectivity index (χ0n) is 15.3. The largest absolute Gasteiger partial charge is 0.507 e. The molecule has 0 radical (unpaired) electrons. The van der Waals surface area contributed by atoms with Crippen LogP contribution in [-0.4, -0.2) is 13.2 Å². The van der Waals surface area contributed by atoms with Crippen LogP contribution in [0.2, 0.25) is 18.1 Å². The van der Waals surface area contributed by atoms with E-state index in [-0.39, 0.29) is 51.6 Å². The maximum absolute atomic E-state index is 10.6. The fourth-order valence-corrected chi connectivity index (χ4v) is 4.87. The van der Waals surface area contributed by atoms with Crippen LogP contribution in [-0.2, 0) is 21.7 Å². The summed E-state index contributed by atoms with van der Waals surface area (Å²) in [5.41, 5.74) is 3.26. The molecule has 132 valence electrons. The first-order valence-corrected chi connectivity index (χ1v) is 10.5. The van der Waals surface area contributed by atoms with Gasteiger partial charge in [-0.15, -0.1) is 24.8 Å². The van der Waals surface area contributed by atoms with E-state index < -0.39 is 8.07 Å². The number of phenolic OH excluding ortho intramolecular Hbond substituents is 1. The predicted molar refractivity (Wildman–Crippen MR) is 110 cm³/mol. The van der Waals surface area contributed by atoms with Crippen LogP contribution in [0.4, 0.5) is 0 Å². The summed E-state index contributed by atoms with van der Waals surface area (Å²) in [4.78, 5) is 0. The first-order valence-electron chi connectivity index (χ1n) is 7.54. The number of rotatable bonds is 2. The number of hydrogen-bond donors (Lipinski definition) is 1. The van der Waals surface area contributed by atoms with E-state index in [9.17, 15) is 5.11 Å². The summed E-state index contributed by atoms with van der Waals surface area (Å²) in [6.45, 7) is 13.8. The molecule has 0 spiro atoms. The summed E-state index contributed by atoms with van der Waals surface area (Å²) < 4.78 is 0.